The van der Waals surface area contributed by atoms with Crippen LogP contribution in [0.25, 0.3) is 5.69 Å². The highest BCUT2D eigenvalue weighted by Crippen LogP contribution is 2.43. The first-order valence-electron chi connectivity index (χ1n) is 12.1. The molecule has 6 nitrogen and oxygen atoms in total. The van der Waals surface area contributed by atoms with Gasteiger partial charge in [0.05, 0.1) is 11.4 Å². The quantitative estimate of drug-likeness (QED) is 0.416. The second-order valence-electron chi connectivity index (χ2n) is 9.14. The van der Waals surface area contributed by atoms with Crippen LogP contribution in [0.15, 0.2) is 72.8 Å². The molecule has 2 amide bonds. The second kappa shape index (κ2) is 9.61. The summed E-state index contributed by atoms with van der Waals surface area (Å²) in [5.74, 6) is -1.54. The Morgan fingerprint density at radius 2 is 1.62 bits per heavy atom. The molecular weight excluding hydrogens is 474 g/mol. The zero-order valence-electron chi connectivity index (χ0n) is 20.7. The zero-order valence-corrected chi connectivity index (χ0v) is 20.7. The molecule has 0 unspecified atom stereocenters. The number of anilines is 1. The van der Waals surface area contributed by atoms with Gasteiger partial charge in [0, 0.05) is 23.6 Å². The van der Waals surface area contributed by atoms with Crippen LogP contribution >= 0.6 is 0 Å². The SMILES string of the molecule is CCN1C(=O)[C@@H](NC(=O)c2cccc(C)c2)[C@@H](c2ccc(F)cc2)c2c(C)nn(-c3ccc(F)cc3)c21. The minimum atomic E-state index is -0.949. The van der Waals surface area contributed by atoms with E-state index >= 15 is 0 Å². The molecule has 1 N–H and O–H groups in total. The highest BCUT2D eigenvalue weighted by atomic mass is 19.1. The van der Waals surface area contributed by atoms with Gasteiger partial charge in [-0.3, -0.25) is 14.5 Å². The van der Waals surface area contributed by atoms with Crippen molar-refractivity contribution in [3.05, 3.63) is 112 Å². The fraction of sp³-hybridized carbons (Fsp3) is 0.207. The lowest BCUT2D eigenvalue weighted by Gasteiger charge is -2.38. The van der Waals surface area contributed by atoms with Crippen molar-refractivity contribution in [2.24, 2.45) is 0 Å². The highest BCUT2D eigenvalue weighted by molar-refractivity contribution is 6.05. The number of nitrogens with one attached hydrogen (secondary N) is 1. The predicted molar refractivity (Wildman–Crippen MR) is 137 cm³/mol. The molecule has 1 aliphatic rings. The number of amides is 2. The van der Waals surface area contributed by atoms with Crippen molar-refractivity contribution >= 4 is 17.6 Å². The number of carbonyl (C=O) groups is 2. The van der Waals surface area contributed by atoms with Crippen molar-refractivity contribution in [1.29, 1.82) is 0 Å². The van der Waals surface area contributed by atoms with Crippen LogP contribution in [0.3, 0.4) is 0 Å². The molecular formula is C29H26F2N4O2. The third-order valence-corrected chi connectivity index (χ3v) is 6.70. The van der Waals surface area contributed by atoms with Crippen LogP contribution in [0.1, 0.15) is 45.6 Å². The fourth-order valence-electron chi connectivity index (χ4n) is 4.99. The number of fused-ring (bicyclic) bond motifs is 1. The molecule has 0 bridgehead atoms. The average Bonchev–Trinajstić information content (AvgIpc) is 3.22. The summed E-state index contributed by atoms with van der Waals surface area (Å²) in [7, 11) is 0. The highest BCUT2D eigenvalue weighted by Gasteiger charge is 2.45. The van der Waals surface area contributed by atoms with E-state index in [9.17, 15) is 18.4 Å². The Kier molecular flexibility index (Phi) is 6.33. The molecule has 0 aliphatic carbocycles. The number of carbonyl (C=O) groups excluding carboxylic acids is 2. The van der Waals surface area contributed by atoms with Gasteiger partial charge in [0.1, 0.15) is 23.5 Å². The van der Waals surface area contributed by atoms with Crippen LogP contribution in [0.5, 0.6) is 0 Å². The van der Waals surface area contributed by atoms with Gasteiger partial charge >= 0.3 is 0 Å². The van der Waals surface area contributed by atoms with E-state index in [-0.39, 0.29) is 17.6 Å². The summed E-state index contributed by atoms with van der Waals surface area (Å²) in [6.07, 6.45) is 0. The Morgan fingerprint density at radius 3 is 2.24 bits per heavy atom. The van der Waals surface area contributed by atoms with Gasteiger partial charge in [-0.05, 0) is 74.9 Å². The molecule has 0 spiro atoms. The fourth-order valence-corrected chi connectivity index (χ4v) is 4.99. The number of aromatic nitrogens is 2. The van der Waals surface area contributed by atoms with Crippen LogP contribution in [-0.4, -0.2) is 34.2 Å². The number of rotatable bonds is 5. The Morgan fingerprint density at radius 1 is 0.973 bits per heavy atom. The number of nitrogens with zero attached hydrogens (tertiary/aromatic N) is 3. The molecule has 188 valence electrons. The van der Waals surface area contributed by atoms with Gasteiger partial charge in [-0.25, -0.2) is 13.5 Å². The summed E-state index contributed by atoms with van der Waals surface area (Å²) < 4.78 is 29.1. The molecule has 0 fully saturated rings. The van der Waals surface area contributed by atoms with Crippen molar-refractivity contribution in [3.63, 3.8) is 0 Å². The van der Waals surface area contributed by atoms with Crippen molar-refractivity contribution in [2.45, 2.75) is 32.7 Å². The Hall–Kier alpha value is -4.33. The van der Waals surface area contributed by atoms with Gasteiger partial charge < -0.3 is 5.32 Å². The molecule has 2 atom stereocenters. The molecule has 5 rings (SSSR count). The number of hydrogen-bond donors (Lipinski definition) is 1. The summed E-state index contributed by atoms with van der Waals surface area (Å²) in [5.41, 5.74) is 4.02. The summed E-state index contributed by atoms with van der Waals surface area (Å²) in [6, 6.07) is 18.0. The second-order valence-corrected chi connectivity index (χ2v) is 9.14. The van der Waals surface area contributed by atoms with E-state index in [1.54, 1.807) is 52.0 Å². The molecule has 0 radical (unpaired) electrons. The standard InChI is InChI=1S/C29H26F2N4O2/c1-4-34-28-24(18(3)33-35(28)23-14-12-22(31)13-15-23)25(19-8-10-21(30)11-9-19)26(29(34)37)32-27(36)20-7-5-6-17(2)16-20/h5-16,25-26H,4H2,1-3H3,(H,32,36)/t25-,26-/m0/s1. The molecule has 2 heterocycles. The van der Waals surface area contributed by atoms with Crippen LogP contribution in [0.4, 0.5) is 14.6 Å². The average molecular weight is 501 g/mol. The van der Waals surface area contributed by atoms with Gasteiger partial charge in [-0.2, -0.15) is 5.10 Å². The molecule has 37 heavy (non-hydrogen) atoms. The number of halogens is 2. The first-order chi connectivity index (χ1) is 17.8. The lowest BCUT2D eigenvalue weighted by atomic mass is 9.81. The molecule has 3 aromatic carbocycles. The molecule has 4 aromatic rings. The maximum atomic E-state index is 14.0. The predicted octanol–water partition coefficient (Wildman–Crippen LogP) is 5.06. The van der Waals surface area contributed by atoms with Gasteiger partial charge in [0.2, 0.25) is 0 Å². The van der Waals surface area contributed by atoms with Crippen LogP contribution in [0.2, 0.25) is 0 Å². The van der Waals surface area contributed by atoms with Crippen molar-refractivity contribution in [1.82, 2.24) is 15.1 Å². The normalized spacial score (nSPS) is 17.0. The van der Waals surface area contributed by atoms with Gasteiger partial charge in [-0.1, -0.05) is 29.8 Å². The largest absolute Gasteiger partial charge is 0.339 e. The van der Waals surface area contributed by atoms with Crippen molar-refractivity contribution < 1.29 is 18.4 Å². The lowest BCUT2D eigenvalue weighted by molar-refractivity contribution is -0.121. The van der Waals surface area contributed by atoms with E-state index in [0.29, 0.717) is 34.9 Å². The first kappa shape index (κ1) is 24.4. The van der Waals surface area contributed by atoms with E-state index in [4.69, 9.17) is 5.10 Å². The first-order valence-corrected chi connectivity index (χ1v) is 12.1. The van der Waals surface area contributed by atoms with E-state index in [1.807, 2.05) is 26.8 Å². The zero-order chi connectivity index (χ0) is 26.3. The number of hydrogen-bond acceptors (Lipinski definition) is 3. The minimum Gasteiger partial charge on any atom is -0.339 e. The molecule has 0 saturated heterocycles. The smallest absolute Gasteiger partial charge is 0.251 e. The van der Waals surface area contributed by atoms with Crippen molar-refractivity contribution in [2.75, 3.05) is 11.4 Å². The lowest BCUT2D eigenvalue weighted by Crippen LogP contribution is -2.55. The van der Waals surface area contributed by atoms with Crippen LogP contribution in [0, 0.1) is 25.5 Å². The van der Waals surface area contributed by atoms with Gasteiger partial charge in [0.15, 0.2) is 0 Å². The molecule has 1 aliphatic heterocycles. The third-order valence-electron chi connectivity index (χ3n) is 6.70. The molecule has 0 saturated carbocycles. The Balaban J connectivity index is 1.68. The third kappa shape index (κ3) is 4.39. The summed E-state index contributed by atoms with van der Waals surface area (Å²) in [5, 5.41) is 7.67. The van der Waals surface area contributed by atoms with E-state index in [2.05, 4.69) is 5.32 Å². The van der Waals surface area contributed by atoms with Gasteiger partial charge in [0.25, 0.3) is 11.8 Å². The Labute approximate surface area is 213 Å². The van der Waals surface area contributed by atoms with E-state index < -0.39 is 17.8 Å². The monoisotopic (exact) mass is 500 g/mol. The van der Waals surface area contributed by atoms with Crippen LogP contribution < -0.4 is 10.2 Å². The molecule has 1 aromatic heterocycles. The minimum absolute atomic E-state index is 0.311. The maximum absolute atomic E-state index is 14.0. The topological polar surface area (TPSA) is 67.2 Å². The van der Waals surface area contributed by atoms with Crippen LogP contribution in [-0.2, 0) is 4.79 Å². The number of aryl methyl sites for hydroxylation is 2. The van der Waals surface area contributed by atoms with Crippen molar-refractivity contribution in [3.8, 4) is 5.69 Å². The van der Waals surface area contributed by atoms with E-state index in [1.165, 1.54) is 24.3 Å². The summed E-state index contributed by atoms with van der Waals surface area (Å²) in [4.78, 5) is 28.9. The summed E-state index contributed by atoms with van der Waals surface area (Å²) in [6.45, 7) is 5.89. The molecule has 8 heteroatoms. The maximum Gasteiger partial charge on any atom is 0.251 e. The number of likely N-dealkylation sites (N-methyl/N-ethyl adjacent to an activating group) is 1. The van der Waals surface area contributed by atoms with E-state index in [0.717, 1.165) is 11.1 Å². The summed E-state index contributed by atoms with van der Waals surface area (Å²) >= 11 is 0. The number of benzene rings is 3. The Bertz CT molecular complexity index is 1480. The van der Waals surface area contributed by atoms with Gasteiger partial charge in [-0.15, -0.1) is 0 Å².